The molecule has 0 amide bonds. The van der Waals surface area contributed by atoms with Crippen LogP contribution in [0.3, 0.4) is 0 Å². The second-order valence-corrected chi connectivity index (χ2v) is 7.56. The number of fused-ring (bicyclic) bond motifs is 2. The summed E-state index contributed by atoms with van der Waals surface area (Å²) in [5.41, 5.74) is 5.11. The molecule has 128 valence electrons. The lowest BCUT2D eigenvalue weighted by Crippen LogP contribution is -2.16. The molecule has 4 rings (SSSR count). The van der Waals surface area contributed by atoms with Crippen molar-refractivity contribution in [1.82, 2.24) is 4.98 Å². The minimum absolute atomic E-state index is 0.263. The number of pyridine rings is 1. The van der Waals surface area contributed by atoms with Crippen molar-refractivity contribution in [1.29, 1.82) is 0 Å². The summed E-state index contributed by atoms with van der Waals surface area (Å²) in [5.74, 6) is 2.06. The fourth-order valence-corrected chi connectivity index (χ4v) is 3.72. The quantitative estimate of drug-likeness (QED) is 0.598. The third kappa shape index (κ3) is 3.26. The summed E-state index contributed by atoms with van der Waals surface area (Å²) in [4.78, 5) is 4.61. The first-order valence-corrected chi connectivity index (χ1v) is 9.24. The zero-order valence-electron chi connectivity index (χ0n) is 15.2. The highest BCUT2D eigenvalue weighted by Gasteiger charge is 2.25. The van der Waals surface area contributed by atoms with Gasteiger partial charge in [0.1, 0.15) is 11.9 Å². The first kappa shape index (κ1) is 16.1. The van der Waals surface area contributed by atoms with E-state index in [0.717, 1.165) is 24.1 Å². The van der Waals surface area contributed by atoms with Crippen LogP contribution in [0.25, 0.3) is 10.9 Å². The highest BCUT2D eigenvalue weighted by Crippen LogP contribution is 2.35. The van der Waals surface area contributed by atoms with E-state index in [0.29, 0.717) is 11.8 Å². The van der Waals surface area contributed by atoms with Crippen molar-refractivity contribution in [2.24, 2.45) is 0 Å². The van der Waals surface area contributed by atoms with Gasteiger partial charge in [0.15, 0.2) is 0 Å². The van der Waals surface area contributed by atoms with Crippen LogP contribution in [-0.2, 0) is 6.42 Å². The van der Waals surface area contributed by atoms with Gasteiger partial charge in [-0.05, 0) is 53.1 Å². The van der Waals surface area contributed by atoms with E-state index < -0.39 is 0 Å². The van der Waals surface area contributed by atoms with E-state index in [1.54, 1.807) is 0 Å². The van der Waals surface area contributed by atoms with Crippen molar-refractivity contribution >= 4 is 10.9 Å². The highest BCUT2D eigenvalue weighted by molar-refractivity contribution is 5.78. The van der Waals surface area contributed by atoms with Crippen LogP contribution in [0.4, 0.5) is 0 Å². The molecule has 0 bridgehead atoms. The van der Waals surface area contributed by atoms with Crippen molar-refractivity contribution in [2.45, 2.75) is 51.6 Å². The molecule has 2 aromatic carbocycles. The lowest BCUT2D eigenvalue weighted by molar-refractivity contribution is 0.212. The zero-order chi connectivity index (χ0) is 17.4. The van der Waals surface area contributed by atoms with Gasteiger partial charge in [-0.2, -0.15) is 0 Å². The molecule has 2 nitrogen and oxygen atoms in total. The molecule has 0 radical (unpaired) electrons. The van der Waals surface area contributed by atoms with Crippen molar-refractivity contribution in [3.63, 3.8) is 0 Å². The van der Waals surface area contributed by atoms with Gasteiger partial charge in [0, 0.05) is 18.0 Å². The number of benzene rings is 2. The topological polar surface area (TPSA) is 22.1 Å². The van der Waals surface area contributed by atoms with E-state index in [-0.39, 0.29) is 6.10 Å². The normalized spacial score (nSPS) is 17.5. The lowest BCUT2D eigenvalue weighted by Gasteiger charge is -2.17. The molecule has 2 heterocycles. The van der Waals surface area contributed by atoms with E-state index in [1.807, 2.05) is 12.3 Å². The summed E-state index contributed by atoms with van der Waals surface area (Å²) < 4.78 is 6.20. The van der Waals surface area contributed by atoms with E-state index >= 15 is 0 Å². The van der Waals surface area contributed by atoms with Gasteiger partial charge in [-0.15, -0.1) is 0 Å². The largest absolute Gasteiger partial charge is 0.490 e. The first-order chi connectivity index (χ1) is 12.1. The summed E-state index contributed by atoms with van der Waals surface area (Å²) in [6.07, 6.45) is 4.32. The van der Waals surface area contributed by atoms with E-state index in [1.165, 1.54) is 22.1 Å². The Balaban J connectivity index is 1.48. The fraction of sp³-hybridized carbons (Fsp3) is 0.348. The maximum atomic E-state index is 6.20. The highest BCUT2D eigenvalue weighted by atomic mass is 16.5. The lowest BCUT2D eigenvalue weighted by atomic mass is 9.93. The smallest absolute Gasteiger partial charge is 0.123 e. The molecule has 0 N–H and O–H groups in total. The maximum Gasteiger partial charge on any atom is 0.123 e. The zero-order valence-corrected chi connectivity index (χ0v) is 15.2. The number of para-hydroxylation sites is 1. The standard InChI is InChI=1S/C23H25NO/c1-15(2)17-8-9-23-19(11-17)13-21(25-23)10-16(3)20-12-18-6-4-5-7-22(18)24-14-20/h4-9,11-12,14-16,21H,10,13H2,1-3H3/t16-,21?/m0/s1. The molecule has 1 unspecified atom stereocenters. The molecule has 1 aromatic heterocycles. The van der Waals surface area contributed by atoms with Crippen molar-refractivity contribution in [3.8, 4) is 5.75 Å². The molecule has 0 saturated heterocycles. The number of hydrogen-bond donors (Lipinski definition) is 0. The average molecular weight is 331 g/mol. The van der Waals surface area contributed by atoms with Gasteiger partial charge in [-0.25, -0.2) is 0 Å². The Hall–Kier alpha value is -2.35. The Morgan fingerprint density at radius 2 is 1.88 bits per heavy atom. The molecule has 0 fully saturated rings. The average Bonchev–Trinajstić information content (AvgIpc) is 3.02. The van der Waals surface area contributed by atoms with Crippen molar-refractivity contribution in [2.75, 3.05) is 0 Å². The molecule has 2 heteroatoms. The molecule has 25 heavy (non-hydrogen) atoms. The van der Waals surface area contributed by atoms with Crippen LogP contribution >= 0.6 is 0 Å². The summed E-state index contributed by atoms with van der Waals surface area (Å²) in [5, 5.41) is 1.21. The minimum atomic E-state index is 0.263. The van der Waals surface area contributed by atoms with Gasteiger partial charge >= 0.3 is 0 Å². The SMILES string of the molecule is CC(C)c1ccc2c(c1)CC(C[C@H](C)c1cnc3ccccc3c1)O2. The molecule has 0 aliphatic carbocycles. The monoisotopic (exact) mass is 331 g/mol. The molecule has 2 atom stereocenters. The van der Waals surface area contributed by atoms with Crippen LogP contribution < -0.4 is 4.74 Å². The van der Waals surface area contributed by atoms with E-state index in [4.69, 9.17) is 4.74 Å². The molecule has 1 aliphatic heterocycles. The number of ether oxygens (including phenoxy) is 1. The van der Waals surface area contributed by atoms with Gasteiger partial charge in [0.25, 0.3) is 0 Å². The molecule has 0 saturated carbocycles. The summed E-state index contributed by atoms with van der Waals surface area (Å²) in [7, 11) is 0. The Labute approximate surface area is 149 Å². The van der Waals surface area contributed by atoms with Crippen LogP contribution in [-0.4, -0.2) is 11.1 Å². The first-order valence-electron chi connectivity index (χ1n) is 9.24. The van der Waals surface area contributed by atoms with Crippen LogP contribution in [0.1, 0.15) is 55.7 Å². The van der Waals surface area contributed by atoms with Gasteiger partial charge in [0.05, 0.1) is 5.52 Å². The third-order valence-electron chi connectivity index (χ3n) is 5.29. The second kappa shape index (κ2) is 6.51. The number of rotatable bonds is 4. The maximum absolute atomic E-state index is 6.20. The predicted molar refractivity (Wildman–Crippen MR) is 103 cm³/mol. The second-order valence-electron chi connectivity index (χ2n) is 7.56. The van der Waals surface area contributed by atoms with Crippen LogP contribution in [0.5, 0.6) is 5.75 Å². The van der Waals surface area contributed by atoms with E-state index in [2.05, 4.69) is 68.2 Å². The van der Waals surface area contributed by atoms with Crippen LogP contribution in [0, 0.1) is 0 Å². The number of hydrogen-bond acceptors (Lipinski definition) is 2. The third-order valence-corrected chi connectivity index (χ3v) is 5.29. The van der Waals surface area contributed by atoms with Gasteiger partial charge in [-0.1, -0.05) is 51.1 Å². The Bertz CT molecular complexity index is 899. The molecular weight excluding hydrogens is 306 g/mol. The van der Waals surface area contributed by atoms with E-state index in [9.17, 15) is 0 Å². The molecule has 1 aliphatic rings. The van der Waals surface area contributed by atoms with Gasteiger partial charge in [-0.3, -0.25) is 4.98 Å². The van der Waals surface area contributed by atoms with Gasteiger partial charge < -0.3 is 4.74 Å². The van der Waals surface area contributed by atoms with Gasteiger partial charge in [0.2, 0.25) is 0 Å². The Morgan fingerprint density at radius 3 is 2.72 bits per heavy atom. The Morgan fingerprint density at radius 1 is 1.04 bits per heavy atom. The Kier molecular flexibility index (Phi) is 4.20. The van der Waals surface area contributed by atoms with Crippen LogP contribution in [0.2, 0.25) is 0 Å². The summed E-state index contributed by atoms with van der Waals surface area (Å²) >= 11 is 0. The fourth-order valence-electron chi connectivity index (χ4n) is 3.72. The predicted octanol–water partition coefficient (Wildman–Crippen LogP) is 5.86. The van der Waals surface area contributed by atoms with Crippen molar-refractivity contribution in [3.05, 3.63) is 71.4 Å². The molecule has 3 aromatic rings. The molecule has 0 spiro atoms. The summed E-state index contributed by atoms with van der Waals surface area (Å²) in [6.45, 7) is 6.76. The summed E-state index contributed by atoms with van der Waals surface area (Å²) in [6, 6.07) is 17.2. The van der Waals surface area contributed by atoms with Crippen LogP contribution in [0.15, 0.2) is 54.7 Å². The minimum Gasteiger partial charge on any atom is -0.490 e. The number of aromatic nitrogens is 1. The van der Waals surface area contributed by atoms with Crippen molar-refractivity contribution < 1.29 is 4.74 Å². The molecular formula is C23H25NO. The number of nitrogens with zero attached hydrogens (tertiary/aromatic N) is 1.